The Hall–Kier alpha value is -2.93. The summed E-state index contributed by atoms with van der Waals surface area (Å²) in [6, 6.07) is 9.35. The highest BCUT2D eigenvalue weighted by Gasteiger charge is 2.16. The van der Waals surface area contributed by atoms with E-state index in [2.05, 4.69) is 5.32 Å². The number of esters is 1. The van der Waals surface area contributed by atoms with Gasteiger partial charge in [0.1, 0.15) is 5.75 Å². The molecule has 0 saturated carbocycles. The van der Waals surface area contributed by atoms with Crippen LogP contribution in [0.3, 0.4) is 0 Å². The largest absolute Gasteiger partial charge is 0.503 e. The molecule has 0 spiro atoms. The second-order valence-electron chi connectivity index (χ2n) is 5.32. The number of hydrogen-bond acceptors (Lipinski definition) is 6. The summed E-state index contributed by atoms with van der Waals surface area (Å²) in [5, 5.41) is 12.3. The van der Waals surface area contributed by atoms with E-state index in [1.807, 2.05) is 6.92 Å². The third kappa shape index (κ3) is 5.79. The monoisotopic (exact) mass is 393 g/mol. The number of phenolic OH excluding ortho intramolecular Hbond substituents is 1. The Balaban J connectivity index is 1.93. The molecule has 0 aromatic heterocycles. The molecule has 2 aromatic carbocycles. The number of hydrogen-bond donors (Lipinski definition) is 2. The van der Waals surface area contributed by atoms with E-state index >= 15 is 0 Å². The van der Waals surface area contributed by atoms with Gasteiger partial charge >= 0.3 is 5.97 Å². The first-order valence-corrected chi connectivity index (χ1v) is 8.67. The summed E-state index contributed by atoms with van der Waals surface area (Å²) in [5.41, 5.74) is 0.612. The van der Waals surface area contributed by atoms with Gasteiger partial charge in [0.15, 0.2) is 18.1 Å². The summed E-state index contributed by atoms with van der Waals surface area (Å²) >= 11 is 5.88. The van der Waals surface area contributed by atoms with E-state index in [9.17, 15) is 14.7 Å². The molecule has 0 atom stereocenters. The average molecular weight is 394 g/mol. The fourth-order valence-electron chi connectivity index (χ4n) is 2.17. The third-order valence-corrected chi connectivity index (χ3v) is 3.64. The van der Waals surface area contributed by atoms with Gasteiger partial charge in [0.05, 0.1) is 23.8 Å². The van der Waals surface area contributed by atoms with Crippen molar-refractivity contribution >= 4 is 29.2 Å². The minimum Gasteiger partial charge on any atom is -0.503 e. The minimum absolute atomic E-state index is 0.0493. The van der Waals surface area contributed by atoms with Gasteiger partial charge in [0.25, 0.3) is 5.91 Å². The molecule has 0 aliphatic carbocycles. The van der Waals surface area contributed by atoms with Crippen LogP contribution >= 0.6 is 11.6 Å². The average Bonchev–Trinajstić information content (AvgIpc) is 2.65. The number of amides is 1. The zero-order valence-corrected chi connectivity index (χ0v) is 15.7. The van der Waals surface area contributed by atoms with E-state index in [1.165, 1.54) is 12.1 Å². The van der Waals surface area contributed by atoms with E-state index in [0.717, 1.165) is 0 Å². The van der Waals surface area contributed by atoms with E-state index in [4.69, 9.17) is 25.8 Å². The van der Waals surface area contributed by atoms with Crippen LogP contribution < -0.4 is 14.8 Å². The van der Waals surface area contributed by atoms with Crippen LogP contribution in [0.2, 0.25) is 5.02 Å². The lowest BCUT2D eigenvalue weighted by molar-refractivity contribution is -0.119. The van der Waals surface area contributed by atoms with Crippen LogP contribution in [0.5, 0.6) is 17.2 Å². The van der Waals surface area contributed by atoms with Crippen LogP contribution in [0.15, 0.2) is 36.4 Å². The number of anilines is 1. The van der Waals surface area contributed by atoms with Crippen molar-refractivity contribution in [1.29, 1.82) is 0 Å². The van der Waals surface area contributed by atoms with Gasteiger partial charge in [-0.25, -0.2) is 4.79 Å². The number of nitrogens with one attached hydrogen (secondary N) is 1. The zero-order chi connectivity index (χ0) is 19.8. The van der Waals surface area contributed by atoms with Gasteiger partial charge in [-0.05, 0) is 50.2 Å². The van der Waals surface area contributed by atoms with Gasteiger partial charge in [-0.2, -0.15) is 0 Å². The molecule has 2 aromatic rings. The maximum Gasteiger partial charge on any atom is 0.338 e. The lowest BCUT2D eigenvalue weighted by Crippen LogP contribution is -2.21. The summed E-state index contributed by atoms with van der Waals surface area (Å²) < 4.78 is 15.5. The van der Waals surface area contributed by atoms with Gasteiger partial charge in [-0.1, -0.05) is 11.6 Å². The number of phenols is 1. The molecule has 2 N–H and O–H groups in total. The van der Waals surface area contributed by atoms with Gasteiger partial charge in [-0.3, -0.25) is 4.79 Å². The molecule has 0 saturated heterocycles. The molecule has 0 heterocycles. The Morgan fingerprint density at radius 3 is 2.37 bits per heavy atom. The molecule has 7 nitrogen and oxygen atoms in total. The number of halogens is 1. The van der Waals surface area contributed by atoms with Crippen LogP contribution in [-0.4, -0.2) is 36.8 Å². The van der Waals surface area contributed by atoms with Crippen molar-refractivity contribution in [2.24, 2.45) is 0 Å². The Labute approximate surface area is 161 Å². The fraction of sp³-hybridized carbons (Fsp3) is 0.263. The molecule has 27 heavy (non-hydrogen) atoms. The van der Waals surface area contributed by atoms with Crippen LogP contribution in [0.1, 0.15) is 24.2 Å². The lowest BCUT2D eigenvalue weighted by Gasteiger charge is -2.10. The van der Waals surface area contributed by atoms with Crippen LogP contribution in [0, 0.1) is 0 Å². The first kappa shape index (κ1) is 20.4. The SMILES string of the molecule is CCOc1ccc(NC(=O)COC(=O)c2cc(Cl)c(O)c(OCC)c2)cc1. The first-order valence-electron chi connectivity index (χ1n) is 8.29. The van der Waals surface area contributed by atoms with E-state index in [1.54, 1.807) is 31.2 Å². The standard InChI is InChI=1S/C19H20ClNO6/c1-3-25-14-7-5-13(6-8-14)21-17(22)11-27-19(24)12-9-15(20)18(23)16(10-12)26-4-2/h5-10,23H,3-4,11H2,1-2H3,(H,21,22). The maximum atomic E-state index is 12.1. The number of ether oxygens (including phenoxy) is 3. The fourth-order valence-corrected chi connectivity index (χ4v) is 2.38. The van der Waals surface area contributed by atoms with Crippen molar-refractivity contribution in [3.63, 3.8) is 0 Å². The molecule has 0 aliphatic heterocycles. The maximum absolute atomic E-state index is 12.1. The second kappa shape index (κ2) is 9.68. The number of carbonyl (C=O) groups excluding carboxylic acids is 2. The molecule has 144 valence electrons. The Morgan fingerprint density at radius 1 is 1.07 bits per heavy atom. The van der Waals surface area contributed by atoms with Gasteiger partial charge in [0, 0.05) is 5.69 Å². The highest BCUT2D eigenvalue weighted by Crippen LogP contribution is 2.35. The molecular formula is C19H20ClNO6. The number of benzene rings is 2. The molecular weight excluding hydrogens is 374 g/mol. The van der Waals surface area contributed by atoms with E-state index in [-0.39, 0.29) is 28.7 Å². The first-order chi connectivity index (χ1) is 12.9. The normalized spacial score (nSPS) is 10.2. The van der Waals surface area contributed by atoms with E-state index in [0.29, 0.717) is 18.0 Å². The molecule has 0 unspecified atom stereocenters. The number of carbonyl (C=O) groups is 2. The Kier molecular flexibility index (Phi) is 7.31. The molecule has 0 aliphatic rings. The number of rotatable bonds is 8. The van der Waals surface area contributed by atoms with E-state index < -0.39 is 18.5 Å². The summed E-state index contributed by atoms with van der Waals surface area (Å²) in [6.45, 7) is 3.96. The minimum atomic E-state index is -0.764. The van der Waals surface area contributed by atoms with Crippen LogP contribution in [-0.2, 0) is 9.53 Å². The summed E-state index contributed by atoms with van der Waals surface area (Å²) in [4.78, 5) is 24.1. The van der Waals surface area contributed by atoms with Crippen molar-refractivity contribution in [3.8, 4) is 17.2 Å². The Morgan fingerprint density at radius 2 is 1.74 bits per heavy atom. The third-order valence-electron chi connectivity index (χ3n) is 3.35. The second-order valence-corrected chi connectivity index (χ2v) is 5.73. The molecule has 0 radical (unpaired) electrons. The smallest absolute Gasteiger partial charge is 0.338 e. The predicted octanol–water partition coefficient (Wildman–Crippen LogP) is 3.64. The molecule has 0 bridgehead atoms. The summed E-state index contributed by atoms with van der Waals surface area (Å²) in [6.07, 6.45) is 0. The molecule has 8 heteroatoms. The zero-order valence-electron chi connectivity index (χ0n) is 15.0. The van der Waals surface area contributed by atoms with Crippen molar-refractivity contribution in [1.82, 2.24) is 0 Å². The van der Waals surface area contributed by atoms with Crippen molar-refractivity contribution < 1.29 is 28.9 Å². The Bertz CT molecular complexity index is 807. The molecule has 1 amide bonds. The molecule has 0 fully saturated rings. The van der Waals surface area contributed by atoms with Crippen molar-refractivity contribution in [3.05, 3.63) is 47.0 Å². The van der Waals surface area contributed by atoms with Crippen molar-refractivity contribution in [2.45, 2.75) is 13.8 Å². The topological polar surface area (TPSA) is 94.1 Å². The number of aromatic hydroxyl groups is 1. The highest BCUT2D eigenvalue weighted by atomic mass is 35.5. The van der Waals surface area contributed by atoms with Crippen LogP contribution in [0.4, 0.5) is 5.69 Å². The van der Waals surface area contributed by atoms with Crippen molar-refractivity contribution in [2.75, 3.05) is 25.1 Å². The summed E-state index contributed by atoms with van der Waals surface area (Å²) in [7, 11) is 0. The predicted molar refractivity (Wildman–Crippen MR) is 101 cm³/mol. The quantitative estimate of drug-likeness (QED) is 0.665. The molecule has 2 rings (SSSR count). The lowest BCUT2D eigenvalue weighted by atomic mass is 10.2. The van der Waals surface area contributed by atoms with Gasteiger partial charge in [-0.15, -0.1) is 0 Å². The summed E-state index contributed by atoms with van der Waals surface area (Å²) in [5.74, 6) is -0.766. The van der Waals surface area contributed by atoms with Gasteiger partial charge < -0.3 is 24.6 Å². The van der Waals surface area contributed by atoms with Crippen LogP contribution in [0.25, 0.3) is 0 Å². The van der Waals surface area contributed by atoms with Gasteiger partial charge in [0.2, 0.25) is 0 Å². The highest BCUT2D eigenvalue weighted by molar-refractivity contribution is 6.32.